The molecule has 1 amide bonds. The number of aliphatic hydroxyl groups is 6. The van der Waals surface area contributed by atoms with E-state index in [9.17, 15) is 35.4 Å². The maximum atomic E-state index is 13.5. The Kier molecular flexibility index (Phi) is 13.6. The first-order valence-corrected chi connectivity index (χ1v) is 21.1. The molecule has 62 heavy (non-hydrogen) atoms. The van der Waals surface area contributed by atoms with Crippen LogP contribution in [0.2, 0.25) is 0 Å². The fourth-order valence-electron chi connectivity index (χ4n) is 9.32. The quantitative estimate of drug-likeness (QED) is 0.0566. The third kappa shape index (κ3) is 8.51. The highest BCUT2D eigenvalue weighted by atomic mass is 16.8. The Morgan fingerprint density at radius 3 is 1.74 bits per heavy atom. The van der Waals surface area contributed by atoms with Crippen LogP contribution in [0.15, 0.2) is 54.6 Å². The summed E-state index contributed by atoms with van der Waals surface area (Å²) in [4.78, 5) is 13.5. The average Bonchev–Trinajstić information content (AvgIpc) is 3.56. The highest BCUT2D eigenvalue weighted by Crippen LogP contribution is 2.37. The molecule has 3 saturated heterocycles. The summed E-state index contributed by atoms with van der Waals surface area (Å²) < 4.78 is 36.4. The molecule has 4 fully saturated rings. The van der Waals surface area contributed by atoms with Gasteiger partial charge in [0.05, 0.1) is 18.2 Å². The van der Waals surface area contributed by atoms with E-state index in [1.165, 1.54) is 5.39 Å². The summed E-state index contributed by atoms with van der Waals surface area (Å²) in [6.45, 7) is -0.569. The standard InChI is InChI=1S/C42H59N7O13/c43-13-23-32(52)34(54)29(47)40(57-23)60-37-22(46)12-21(45)31(51)39(37)62-42-36(56)38(61-41-30(48)35(55)33(53)24(14-44)58-41)25(59-42)15-49-26(50)11-9-16-4-5-19-7-6-17-2-1-3-18-8-10-20(16)28(19)27(17)18/h1-8,10,21-25,29-42,51-56H,9,11-15,43-48H2,(H,49,50)/t21-,22+,23-,24+,25-,29-,30-,31+,32-,33-,34-,35-,36-,37-,38-,39-,40-,41-,42+/m1/s1. The van der Waals surface area contributed by atoms with Gasteiger partial charge in [-0.2, -0.15) is 0 Å². The highest BCUT2D eigenvalue weighted by molar-refractivity contribution is 6.23. The van der Waals surface area contributed by atoms with Crippen LogP contribution in [0.25, 0.3) is 32.3 Å². The summed E-state index contributed by atoms with van der Waals surface area (Å²) in [5, 5.41) is 75.0. The predicted octanol–water partition coefficient (Wildman–Crippen LogP) is -4.24. The van der Waals surface area contributed by atoms with Crippen molar-refractivity contribution in [2.45, 2.75) is 136 Å². The second-order valence-corrected chi connectivity index (χ2v) is 16.9. The van der Waals surface area contributed by atoms with Crippen LogP contribution < -0.4 is 39.7 Å². The lowest BCUT2D eigenvalue weighted by Gasteiger charge is -2.47. The van der Waals surface area contributed by atoms with Crippen LogP contribution in [0, 0.1) is 0 Å². The highest BCUT2D eigenvalue weighted by Gasteiger charge is 2.54. The zero-order valence-electron chi connectivity index (χ0n) is 33.9. The van der Waals surface area contributed by atoms with Crippen molar-refractivity contribution in [3.05, 3.63) is 60.2 Å². The lowest BCUT2D eigenvalue weighted by Crippen LogP contribution is -2.68. The molecule has 1 aliphatic carbocycles. The number of aliphatic hydroxyl groups excluding tert-OH is 6. The van der Waals surface area contributed by atoms with Gasteiger partial charge < -0.3 is 98.8 Å². The topological polar surface area (TPSA) is 362 Å². The van der Waals surface area contributed by atoms with Crippen LogP contribution >= 0.6 is 0 Å². The minimum atomic E-state index is -1.65. The molecule has 8 rings (SSSR count). The molecule has 20 nitrogen and oxygen atoms in total. The second kappa shape index (κ2) is 18.6. The molecule has 0 bridgehead atoms. The number of carbonyl (C=O) groups excluding carboxylic acids is 1. The number of nitrogens with two attached hydrogens (primary N) is 6. The largest absolute Gasteiger partial charge is 0.389 e. The van der Waals surface area contributed by atoms with Crippen molar-refractivity contribution >= 4 is 38.2 Å². The summed E-state index contributed by atoms with van der Waals surface area (Å²) in [7, 11) is 0. The van der Waals surface area contributed by atoms with Gasteiger partial charge in [0.2, 0.25) is 5.91 Å². The van der Waals surface area contributed by atoms with Gasteiger partial charge in [0.15, 0.2) is 18.9 Å². The van der Waals surface area contributed by atoms with E-state index in [4.69, 9.17) is 62.8 Å². The molecule has 3 aliphatic heterocycles. The SMILES string of the molecule is NC[C@@H]1O[C@H](O[C@H]2[C@@H](O)[C@H](O[C@@H]3[C@@H](O)[C@H](N)C[C@H](N)[C@H]3O[C@H]3O[C@H](CN)[C@@H](O)[C@H](O)[C@H]3N)O[C@@H]2CNC(=O)CCc2ccc3ccc4cccc5ccc2c3c45)[C@H](N)[C@@H](O)[C@@H]1O. The van der Waals surface area contributed by atoms with Crippen LogP contribution in [0.5, 0.6) is 0 Å². The Hall–Kier alpha value is -3.33. The molecule has 4 aromatic rings. The van der Waals surface area contributed by atoms with Gasteiger partial charge in [0.25, 0.3) is 0 Å². The van der Waals surface area contributed by atoms with Gasteiger partial charge in [-0.05, 0) is 50.7 Å². The predicted molar refractivity (Wildman–Crippen MR) is 223 cm³/mol. The van der Waals surface area contributed by atoms with Crippen LogP contribution in [0.1, 0.15) is 18.4 Å². The molecule has 1 saturated carbocycles. The minimum absolute atomic E-state index is 0.0651. The summed E-state index contributed by atoms with van der Waals surface area (Å²) in [6, 6.07) is 14.3. The van der Waals surface area contributed by atoms with E-state index >= 15 is 0 Å². The average molecular weight is 870 g/mol. The maximum Gasteiger partial charge on any atom is 0.220 e. The van der Waals surface area contributed by atoms with Crippen molar-refractivity contribution in [1.29, 1.82) is 0 Å². The number of ether oxygens (including phenoxy) is 6. The molecule has 0 spiro atoms. The monoisotopic (exact) mass is 869 g/mol. The number of nitrogens with one attached hydrogen (secondary N) is 1. The first kappa shape index (κ1) is 45.2. The molecule has 3 heterocycles. The van der Waals surface area contributed by atoms with Crippen molar-refractivity contribution in [1.82, 2.24) is 5.32 Å². The summed E-state index contributed by atoms with van der Waals surface area (Å²) in [5.41, 5.74) is 37.7. The van der Waals surface area contributed by atoms with Gasteiger partial charge in [0, 0.05) is 38.1 Å². The van der Waals surface area contributed by atoms with Gasteiger partial charge in [0.1, 0.15) is 67.1 Å². The van der Waals surface area contributed by atoms with Crippen LogP contribution in [-0.2, 0) is 39.6 Å². The summed E-state index contributed by atoms with van der Waals surface area (Å²) in [5.74, 6) is -0.329. The Morgan fingerprint density at radius 1 is 0.597 bits per heavy atom. The van der Waals surface area contributed by atoms with Gasteiger partial charge in [-0.15, -0.1) is 0 Å². The van der Waals surface area contributed by atoms with Crippen LogP contribution in [0.3, 0.4) is 0 Å². The van der Waals surface area contributed by atoms with E-state index in [0.29, 0.717) is 6.42 Å². The number of rotatable bonds is 13. The Bertz CT molecular complexity index is 2140. The molecular weight excluding hydrogens is 810 g/mol. The number of benzene rings is 4. The van der Waals surface area contributed by atoms with Crippen LogP contribution in [0.4, 0.5) is 0 Å². The van der Waals surface area contributed by atoms with Gasteiger partial charge in [-0.1, -0.05) is 54.6 Å². The zero-order valence-corrected chi connectivity index (χ0v) is 33.9. The molecule has 19 N–H and O–H groups in total. The molecule has 0 unspecified atom stereocenters. The molecule has 340 valence electrons. The Labute approximate surface area is 356 Å². The zero-order chi connectivity index (χ0) is 44.1. The van der Waals surface area contributed by atoms with Crippen molar-refractivity contribution in [2.75, 3.05) is 19.6 Å². The third-order valence-electron chi connectivity index (χ3n) is 12.9. The van der Waals surface area contributed by atoms with E-state index in [0.717, 1.165) is 32.5 Å². The molecule has 0 aromatic heterocycles. The normalized spacial score (nSPS) is 40.4. The first-order chi connectivity index (χ1) is 29.7. The number of amides is 1. The third-order valence-corrected chi connectivity index (χ3v) is 12.9. The molecule has 19 atom stereocenters. The molecule has 4 aliphatic rings. The number of aryl methyl sites for hydroxylation is 1. The number of carbonyl (C=O) groups is 1. The molecule has 0 radical (unpaired) electrons. The van der Waals surface area contributed by atoms with Gasteiger partial charge in [-0.3, -0.25) is 4.79 Å². The molecular formula is C42H59N7O13. The van der Waals surface area contributed by atoms with Crippen LogP contribution in [-0.4, -0.2) is 172 Å². The number of hydrogen-bond acceptors (Lipinski definition) is 19. The maximum absolute atomic E-state index is 13.5. The summed E-state index contributed by atoms with van der Waals surface area (Å²) in [6.07, 6.45) is -19.8. The van der Waals surface area contributed by atoms with E-state index in [1.54, 1.807) is 0 Å². The minimum Gasteiger partial charge on any atom is -0.389 e. The van der Waals surface area contributed by atoms with Crippen molar-refractivity contribution < 1.29 is 63.9 Å². The first-order valence-electron chi connectivity index (χ1n) is 21.1. The Morgan fingerprint density at radius 2 is 1.13 bits per heavy atom. The molecule has 4 aromatic carbocycles. The van der Waals surface area contributed by atoms with Crippen molar-refractivity contribution in [3.8, 4) is 0 Å². The fraction of sp³-hybridized carbons (Fsp3) is 0.595. The van der Waals surface area contributed by atoms with E-state index in [-0.39, 0.29) is 38.4 Å². The van der Waals surface area contributed by atoms with E-state index < -0.39 is 116 Å². The second-order valence-electron chi connectivity index (χ2n) is 16.9. The van der Waals surface area contributed by atoms with Crippen molar-refractivity contribution in [2.24, 2.45) is 34.4 Å². The smallest absolute Gasteiger partial charge is 0.220 e. The Balaban J connectivity index is 0.996. The molecule has 20 heteroatoms. The van der Waals surface area contributed by atoms with Crippen molar-refractivity contribution in [3.63, 3.8) is 0 Å². The van der Waals surface area contributed by atoms with E-state index in [1.807, 2.05) is 12.1 Å². The lowest BCUT2D eigenvalue weighted by atomic mass is 9.84. The lowest BCUT2D eigenvalue weighted by molar-refractivity contribution is -0.306. The van der Waals surface area contributed by atoms with E-state index in [2.05, 4.69) is 47.8 Å². The van der Waals surface area contributed by atoms with Gasteiger partial charge >= 0.3 is 0 Å². The number of hydrogen-bond donors (Lipinski definition) is 13. The fourth-order valence-corrected chi connectivity index (χ4v) is 9.32. The van der Waals surface area contributed by atoms with Gasteiger partial charge in [-0.25, -0.2) is 0 Å². The summed E-state index contributed by atoms with van der Waals surface area (Å²) >= 11 is 0.